The van der Waals surface area contributed by atoms with Gasteiger partial charge in [0.1, 0.15) is 12.2 Å². The Labute approximate surface area is 109 Å². The second-order valence-electron chi connectivity index (χ2n) is 3.45. The highest BCUT2D eigenvalue weighted by Gasteiger charge is 1.98. The molecule has 0 aliphatic heterocycles. The summed E-state index contributed by atoms with van der Waals surface area (Å²) in [6.07, 6.45) is 1.18. The van der Waals surface area contributed by atoms with Crippen LogP contribution in [0, 0.1) is 11.3 Å². The molecular weight excluding hydrogens is 248 g/mol. The van der Waals surface area contributed by atoms with E-state index in [0.717, 1.165) is 5.56 Å². The van der Waals surface area contributed by atoms with Crippen LogP contribution >= 0.6 is 0 Å². The third kappa shape index (κ3) is 5.83. The van der Waals surface area contributed by atoms with Crippen molar-refractivity contribution in [3.05, 3.63) is 29.8 Å². The fraction of sp³-hybridized carbons (Fsp3) is 0.167. The number of hydrogen-bond donors (Lipinski definition) is 2. The van der Waals surface area contributed by atoms with Crippen molar-refractivity contribution < 1.29 is 14.3 Å². The second kappa shape index (κ2) is 7.45. The van der Waals surface area contributed by atoms with Gasteiger partial charge in [0.05, 0.1) is 12.3 Å². The largest absolute Gasteiger partial charge is 0.484 e. The van der Waals surface area contributed by atoms with E-state index in [1.165, 1.54) is 6.21 Å². The maximum atomic E-state index is 10.9. The number of nitriles is 1. The Morgan fingerprint density at radius 1 is 1.42 bits per heavy atom. The Bertz CT molecular complexity index is 517. The van der Waals surface area contributed by atoms with E-state index in [4.69, 9.17) is 15.7 Å². The Morgan fingerprint density at radius 2 is 2.11 bits per heavy atom. The lowest BCUT2D eigenvalue weighted by Gasteiger charge is -2.03. The van der Waals surface area contributed by atoms with E-state index >= 15 is 0 Å². The summed E-state index contributed by atoms with van der Waals surface area (Å²) in [5, 5.41) is 11.9. The fourth-order valence-corrected chi connectivity index (χ4v) is 1.09. The lowest BCUT2D eigenvalue weighted by atomic mass is 10.2. The summed E-state index contributed by atoms with van der Waals surface area (Å²) in [5.41, 5.74) is 7.87. The number of hydrogen-bond acceptors (Lipinski definition) is 5. The predicted molar refractivity (Wildman–Crippen MR) is 67.1 cm³/mol. The molecule has 1 rings (SSSR count). The molecule has 0 atom stereocenters. The molecule has 0 radical (unpaired) electrons. The van der Waals surface area contributed by atoms with Gasteiger partial charge in [0.15, 0.2) is 6.61 Å². The maximum Gasteiger partial charge on any atom is 0.255 e. The van der Waals surface area contributed by atoms with Crippen LogP contribution in [0.1, 0.15) is 12.0 Å². The van der Waals surface area contributed by atoms with Gasteiger partial charge in [-0.1, -0.05) is 0 Å². The number of nitrogens with zero attached hydrogens (tertiary/aromatic N) is 2. The van der Waals surface area contributed by atoms with Gasteiger partial charge in [-0.25, -0.2) is 5.43 Å². The Morgan fingerprint density at radius 3 is 2.68 bits per heavy atom. The summed E-state index contributed by atoms with van der Waals surface area (Å²) in [7, 11) is 0. The van der Waals surface area contributed by atoms with Gasteiger partial charge < -0.3 is 10.5 Å². The highest BCUT2D eigenvalue weighted by atomic mass is 16.5. The quantitative estimate of drug-likeness (QED) is 0.549. The molecule has 0 unspecified atom stereocenters. The minimum Gasteiger partial charge on any atom is -0.484 e. The molecule has 19 heavy (non-hydrogen) atoms. The molecule has 0 heterocycles. The third-order valence-electron chi connectivity index (χ3n) is 1.90. The monoisotopic (exact) mass is 260 g/mol. The van der Waals surface area contributed by atoms with E-state index in [-0.39, 0.29) is 13.0 Å². The van der Waals surface area contributed by atoms with Crippen LogP contribution < -0.4 is 15.9 Å². The fourth-order valence-electron chi connectivity index (χ4n) is 1.09. The lowest BCUT2D eigenvalue weighted by molar-refractivity contribution is -0.120. The van der Waals surface area contributed by atoms with Crippen LogP contribution in [0.5, 0.6) is 5.75 Å². The molecular formula is C12H12N4O3. The molecule has 2 amide bonds. The van der Waals surface area contributed by atoms with Gasteiger partial charge in [0.2, 0.25) is 0 Å². The first kappa shape index (κ1) is 14.2. The standard InChI is InChI=1S/C12H12N4O3/c13-6-5-12(18)16-15-7-9-1-3-10(4-2-9)19-8-11(14)17/h1-4,7H,5,8H2,(H2,14,17)(H,16,18)/b15-7-. The highest BCUT2D eigenvalue weighted by Crippen LogP contribution is 2.10. The van der Waals surface area contributed by atoms with Gasteiger partial charge in [-0.3, -0.25) is 9.59 Å². The van der Waals surface area contributed by atoms with Crippen LogP contribution in [-0.2, 0) is 9.59 Å². The summed E-state index contributed by atoms with van der Waals surface area (Å²) in [6.45, 7) is -0.183. The second-order valence-corrected chi connectivity index (χ2v) is 3.45. The average molecular weight is 260 g/mol. The first-order valence-electron chi connectivity index (χ1n) is 5.32. The molecule has 0 fully saturated rings. The number of carbonyl (C=O) groups excluding carboxylic acids is 2. The smallest absolute Gasteiger partial charge is 0.255 e. The normalized spacial score (nSPS) is 9.84. The Hall–Kier alpha value is -2.88. The molecule has 1 aromatic rings. The van der Waals surface area contributed by atoms with Gasteiger partial charge in [-0.2, -0.15) is 10.4 Å². The number of nitrogens with one attached hydrogen (secondary N) is 1. The zero-order valence-corrected chi connectivity index (χ0v) is 10.00. The zero-order chi connectivity index (χ0) is 14.1. The number of amides is 2. The molecule has 0 saturated carbocycles. The molecule has 98 valence electrons. The topological polar surface area (TPSA) is 118 Å². The molecule has 1 aromatic carbocycles. The van der Waals surface area contributed by atoms with Crippen LogP contribution in [0.3, 0.4) is 0 Å². The van der Waals surface area contributed by atoms with Crippen LogP contribution in [-0.4, -0.2) is 24.6 Å². The number of hydrazone groups is 1. The molecule has 0 spiro atoms. The SMILES string of the molecule is N#CCC(=O)N/N=C\c1ccc(OCC(N)=O)cc1. The number of benzene rings is 1. The summed E-state index contributed by atoms with van der Waals surface area (Å²) in [6, 6.07) is 8.37. The van der Waals surface area contributed by atoms with Crippen molar-refractivity contribution in [1.29, 1.82) is 5.26 Å². The molecule has 0 aliphatic rings. The number of ether oxygens (including phenoxy) is 1. The van der Waals surface area contributed by atoms with E-state index in [1.54, 1.807) is 30.3 Å². The van der Waals surface area contributed by atoms with Gasteiger partial charge in [0.25, 0.3) is 11.8 Å². The van der Waals surface area contributed by atoms with Gasteiger partial charge in [-0.05, 0) is 29.8 Å². The van der Waals surface area contributed by atoms with Crippen LogP contribution in [0.25, 0.3) is 0 Å². The van der Waals surface area contributed by atoms with Crippen molar-refractivity contribution in [2.45, 2.75) is 6.42 Å². The number of carbonyl (C=O) groups is 2. The molecule has 0 aliphatic carbocycles. The number of rotatable bonds is 6. The van der Waals surface area contributed by atoms with Gasteiger partial charge in [-0.15, -0.1) is 0 Å². The summed E-state index contributed by atoms with van der Waals surface area (Å²) >= 11 is 0. The molecule has 0 bridgehead atoms. The van der Waals surface area contributed by atoms with Crippen molar-refractivity contribution in [2.24, 2.45) is 10.8 Å². The van der Waals surface area contributed by atoms with Crippen LogP contribution in [0.4, 0.5) is 0 Å². The first-order valence-corrected chi connectivity index (χ1v) is 5.32. The third-order valence-corrected chi connectivity index (χ3v) is 1.90. The first-order chi connectivity index (χ1) is 9.11. The number of primary amides is 1. The van der Waals surface area contributed by atoms with Crippen molar-refractivity contribution in [3.63, 3.8) is 0 Å². The van der Waals surface area contributed by atoms with Crippen molar-refractivity contribution in [2.75, 3.05) is 6.61 Å². The molecule has 3 N–H and O–H groups in total. The summed E-state index contributed by atoms with van der Waals surface area (Å²) in [5.74, 6) is -0.518. The molecule has 0 saturated heterocycles. The van der Waals surface area contributed by atoms with E-state index in [2.05, 4.69) is 10.5 Å². The van der Waals surface area contributed by atoms with Crippen molar-refractivity contribution in [3.8, 4) is 11.8 Å². The summed E-state index contributed by atoms with van der Waals surface area (Å²) in [4.78, 5) is 21.4. The number of nitrogens with two attached hydrogens (primary N) is 1. The molecule has 0 aromatic heterocycles. The van der Waals surface area contributed by atoms with E-state index in [0.29, 0.717) is 5.75 Å². The van der Waals surface area contributed by atoms with E-state index in [1.807, 2.05) is 0 Å². The van der Waals surface area contributed by atoms with Crippen molar-refractivity contribution in [1.82, 2.24) is 5.43 Å². The average Bonchev–Trinajstić information content (AvgIpc) is 2.38. The lowest BCUT2D eigenvalue weighted by Crippen LogP contribution is -2.19. The highest BCUT2D eigenvalue weighted by molar-refractivity contribution is 5.83. The predicted octanol–water partition coefficient (Wildman–Crippen LogP) is -0.0855. The minimum atomic E-state index is -0.550. The van der Waals surface area contributed by atoms with E-state index in [9.17, 15) is 9.59 Å². The minimum absolute atomic E-state index is 0.183. The molecule has 7 nitrogen and oxygen atoms in total. The van der Waals surface area contributed by atoms with Gasteiger partial charge >= 0.3 is 0 Å². The Balaban J connectivity index is 2.48. The molecule has 7 heteroatoms. The zero-order valence-electron chi connectivity index (χ0n) is 10.00. The van der Waals surface area contributed by atoms with Crippen molar-refractivity contribution >= 4 is 18.0 Å². The van der Waals surface area contributed by atoms with Crippen LogP contribution in [0.2, 0.25) is 0 Å². The van der Waals surface area contributed by atoms with Crippen LogP contribution in [0.15, 0.2) is 29.4 Å². The van der Waals surface area contributed by atoms with Gasteiger partial charge in [0, 0.05) is 0 Å². The summed E-state index contributed by atoms with van der Waals surface area (Å²) < 4.78 is 5.07. The maximum absolute atomic E-state index is 10.9. The Kier molecular flexibility index (Phi) is 5.56. The van der Waals surface area contributed by atoms with E-state index < -0.39 is 11.8 Å².